The number of hydrogen-bond acceptors (Lipinski definition) is 4. The van der Waals surface area contributed by atoms with Crippen molar-refractivity contribution in [3.05, 3.63) is 66.0 Å². The third-order valence-corrected chi connectivity index (χ3v) is 4.58. The first-order valence-electron chi connectivity index (χ1n) is 7.90. The highest BCUT2D eigenvalue weighted by molar-refractivity contribution is 7.99. The summed E-state index contributed by atoms with van der Waals surface area (Å²) in [5.41, 5.74) is 1.25. The van der Waals surface area contributed by atoms with Gasteiger partial charge in [0.25, 0.3) is 0 Å². The predicted octanol–water partition coefficient (Wildman–Crippen LogP) is 4.33. The van der Waals surface area contributed by atoms with Gasteiger partial charge in [-0.05, 0) is 37.3 Å². The van der Waals surface area contributed by atoms with Crippen molar-refractivity contribution >= 4 is 23.4 Å². The lowest BCUT2D eigenvalue weighted by Gasteiger charge is -2.10. The summed E-state index contributed by atoms with van der Waals surface area (Å²) in [5.74, 6) is -0.446. The van der Waals surface area contributed by atoms with E-state index < -0.39 is 17.6 Å². The van der Waals surface area contributed by atoms with Gasteiger partial charge < -0.3 is 5.32 Å². The number of carbonyl (C=O) groups is 1. The Morgan fingerprint density at radius 2 is 1.93 bits per heavy atom. The van der Waals surface area contributed by atoms with Crippen molar-refractivity contribution in [3.63, 3.8) is 0 Å². The zero-order valence-corrected chi connectivity index (χ0v) is 15.0. The fourth-order valence-corrected chi connectivity index (χ4v) is 3.03. The molecule has 0 bridgehead atoms. The Balaban J connectivity index is 1.64. The van der Waals surface area contributed by atoms with E-state index in [2.05, 4.69) is 15.5 Å². The topological polar surface area (TPSA) is 59.8 Å². The molecule has 0 saturated heterocycles. The second kappa shape index (κ2) is 7.83. The highest BCUT2D eigenvalue weighted by atomic mass is 32.2. The molecule has 27 heavy (non-hydrogen) atoms. The third kappa shape index (κ3) is 4.88. The largest absolute Gasteiger partial charge is 0.416 e. The number of halogens is 3. The molecule has 0 saturated carbocycles. The van der Waals surface area contributed by atoms with Crippen molar-refractivity contribution in [2.75, 3.05) is 11.1 Å². The van der Waals surface area contributed by atoms with Gasteiger partial charge >= 0.3 is 6.18 Å². The highest BCUT2D eigenvalue weighted by Gasteiger charge is 2.30. The number of nitrogens with one attached hydrogen (secondary N) is 1. The first-order chi connectivity index (χ1) is 12.8. The van der Waals surface area contributed by atoms with Crippen LogP contribution < -0.4 is 5.32 Å². The van der Waals surface area contributed by atoms with Crippen LogP contribution in [0.2, 0.25) is 0 Å². The standard InChI is InChI=1S/C18H15F3N4OS/c1-12-5-7-15(8-6-12)25-11-22-24-17(25)27-10-16(26)23-14-4-2-3-13(9-14)18(19,20)21/h2-9,11H,10H2,1H3,(H,23,26). The van der Waals surface area contributed by atoms with Crippen molar-refractivity contribution in [3.8, 4) is 5.69 Å². The molecule has 1 heterocycles. The number of aromatic nitrogens is 3. The Bertz CT molecular complexity index is 938. The molecule has 1 aromatic heterocycles. The van der Waals surface area contributed by atoms with Crippen molar-refractivity contribution in [2.24, 2.45) is 0 Å². The van der Waals surface area contributed by atoms with Crippen LogP contribution in [0.4, 0.5) is 18.9 Å². The molecule has 3 aromatic rings. The first-order valence-corrected chi connectivity index (χ1v) is 8.88. The van der Waals surface area contributed by atoms with Crippen molar-refractivity contribution in [2.45, 2.75) is 18.3 Å². The molecule has 2 aromatic carbocycles. The van der Waals surface area contributed by atoms with Crippen LogP contribution >= 0.6 is 11.8 Å². The lowest BCUT2D eigenvalue weighted by molar-refractivity contribution is -0.137. The first kappa shape index (κ1) is 19.0. The summed E-state index contributed by atoms with van der Waals surface area (Å²) in [5, 5.41) is 10.8. The molecule has 0 aliphatic heterocycles. The second-order valence-corrected chi connectivity index (χ2v) is 6.68. The van der Waals surface area contributed by atoms with Gasteiger partial charge in [-0.15, -0.1) is 10.2 Å². The number of hydrogen-bond donors (Lipinski definition) is 1. The molecule has 1 N–H and O–H groups in total. The molecule has 3 rings (SSSR count). The Morgan fingerprint density at radius 1 is 1.19 bits per heavy atom. The van der Waals surface area contributed by atoms with Gasteiger partial charge in [-0.2, -0.15) is 13.2 Å². The van der Waals surface area contributed by atoms with Crippen LogP contribution in [0.15, 0.2) is 60.0 Å². The Hall–Kier alpha value is -2.81. The van der Waals surface area contributed by atoms with Crippen LogP contribution in [-0.2, 0) is 11.0 Å². The number of benzene rings is 2. The van der Waals surface area contributed by atoms with Crippen LogP contribution in [-0.4, -0.2) is 26.4 Å². The minimum atomic E-state index is -4.46. The summed E-state index contributed by atoms with van der Waals surface area (Å²) in [6, 6.07) is 12.2. The molecule has 0 spiro atoms. The molecule has 0 fully saturated rings. The summed E-state index contributed by atoms with van der Waals surface area (Å²) < 4.78 is 39.9. The molecule has 0 unspecified atom stereocenters. The molecule has 140 valence electrons. The average molecular weight is 392 g/mol. The molecule has 0 atom stereocenters. The van der Waals surface area contributed by atoms with E-state index in [0.717, 1.165) is 35.1 Å². The SMILES string of the molecule is Cc1ccc(-n2cnnc2SCC(=O)Nc2cccc(C(F)(F)F)c2)cc1. The van der Waals surface area contributed by atoms with Gasteiger partial charge in [0.05, 0.1) is 11.3 Å². The number of amides is 1. The van der Waals surface area contributed by atoms with E-state index in [1.165, 1.54) is 18.5 Å². The van der Waals surface area contributed by atoms with Gasteiger partial charge in [-0.1, -0.05) is 35.5 Å². The fourth-order valence-electron chi connectivity index (χ4n) is 2.31. The molecule has 5 nitrogen and oxygen atoms in total. The zero-order valence-electron chi connectivity index (χ0n) is 14.2. The van der Waals surface area contributed by atoms with Gasteiger partial charge in [0.15, 0.2) is 5.16 Å². The number of rotatable bonds is 5. The Labute approximate surface area is 157 Å². The minimum Gasteiger partial charge on any atom is -0.325 e. The summed E-state index contributed by atoms with van der Waals surface area (Å²) in [4.78, 5) is 12.1. The maximum absolute atomic E-state index is 12.7. The minimum absolute atomic E-state index is 0.0131. The third-order valence-electron chi connectivity index (χ3n) is 3.63. The molecule has 9 heteroatoms. The molecular weight excluding hydrogens is 377 g/mol. The van der Waals surface area contributed by atoms with Crippen LogP contribution in [0.25, 0.3) is 5.69 Å². The smallest absolute Gasteiger partial charge is 0.325 e. The van der Waals surface area contributed by atoms with Crippen LogP contribution in [0.5, 0.6) is 0 Å². The van der Waals surface area contributed by atoms with E-state index in [1.807, 2.05) is 31.2 Å². The molecule has 0 radical (unpaired) electrons. The Morgan fingerprint density at radius 3 is 2.63 bits per heavy atom. The van der Waals surface area contributed by atoms with Crippen molar-refractivity contribution in [1.82, 2.24) is 14.8 Å². The summed E-state index contributed by atoms with van der Waals surface area (Å²) in [6.45, 7) is 1.98. The number of aryl methyl sites for hydroxylation is 1. The van der Waals surface area contributed by atoms with E-state index in [0.29, 0.717) is 5.16 Å². The lowest BCUT2D eigenvalue weighted by atomic mass is 10.2. The van der Waals surface area contributed by atoms with Gasteiger partial charge in [-0.3, -0.25) is 9.36 Å². The molecular formula is C18H15F3N4OS. The van der Waals surface area contributed by atoms with Gasteiger partial charge in [-0.25, -0.2) is 0 Å². The fraction of sp³-hybridized carbons (Fsp3) is 0.167. The number of nitrogens with zero attached hydrogens (tertiary/aromatic N) is 3. The van der Waals surface area contributed by atoms with E-state index in [9.17, 15) is 18.0 Å². The van der Waals surface area contributed by atoms with Crippen LogP contribution in [0.3, 0.4) is 0 Å². The number of anilines is 1. The molecule has 0 aliphatic rings. The van der Waals surface area contributed by atoms with Crippen LogP contribution in [0, 0.1) is 6.92 Å². The maximum atomic E-state index is 12.7. The highest BCUT2D eigenvalue weighted by Crippen LogP contribution is 2.30. The number of thioether (sulfide) groups is 1. The normalized spacial score (nSPS) is 11.4. The average Bonchev–Trinajstić information content (AvgIpc) is 3.09. The molecule has 0 aliphatic carbocycles. The van der Waals surface area contributed by atoms with E-state index in [1.54, 1.807) is 4.57 Å². The van der Waals surface area contributed by atoms with E-state index in [4.69, 9.17) is 0 Å². The zero-order chi connectivity index (χ0) is 19.4. The van der Waals surface area contributed by atoms with Gasteiger partial charge in [0.2, 0.25) is 5.91 Å². The monoisotopic (exact) mass is 392 g/mol. The number of carbonyl (C=O) groups excluding carboxylic acids is 1. The van der Waals surface area contributed by atoms with Gasteiger partial charge in [0, 0.05) is 11.4 Å². The second-order valence-electron chi connectivity index (χ2n) is 5.73. The van der Waals surface area contributed by atoms with E-state index >= 15 is 0 Å². The number of alkyl halides is 3. The van der Waals surface area contributed by atoms with Crippen molar-refractivity contribution in [1.29, 1.82) is 0 Å². The van der Waals surface area contributed by atoms with Crippen molar-refractivity contribution < 1.29 is 18.0 Å². The quantitative estimate of drug-likeness (QED) is 0.657. The predicted molar refractivity (Wildman–Crippen MR) is 96.9 cm³/mol. The maximum Gasteiger partial charge on any atom is 0.416 e. The molecule has 1 amide bonds. The summed E-state index contributed by atoms with van der Waals surface area (Å²) in [7, 11) is 0. The summed E-state index contributed by atoms with van der Waals surface area (Å²) >= 11 is 1.14. The van der Waals surface area contributed by atoms with E-state index in [-0.39, 0.29) is 11.4 Å². The Kier molecular flexibility index (Phi) is 5.50. The summed E-state index contributed by atoms with van der Waals surface area (Å²) in [6.07, 6.45) is -2.92. The van der Waals surface area contributed by atoms with Gasteiger partial charge in [0.1, 0.15) is 6.33 Å². The van der Waals surface area contributed by atoms with Crippen LogP contribution in [0.1, 0.15) is 11.1 Å². The lowest BCUT2D eigenvalue weighted by Crippen LogP contribution is -2.15.